The van der Waals surface area contributed by atoms with Crippen LogP contribution in [0.15, 0.2) is 53.0 Å². The van der Waals surface area contributed by atoms with Crippen LogP contribution in [-0.2, 0) is 11.2 Å². The largest absolute Gasteiger partial charge is 0.354 e. The van der Waals surface area contributed by atoms with Crippen molar-refractivity contribution in [2.45, 2.75) is 19.3 Å². The summed E-state index contributed by atoms with van der Waals surface area (Å²) in [6.45, 7) is 1.18. The third-order valence-electron chi connectivity index (χ3n) is 4.87. The number of nitrogens with one attached hydrogen (secondary N) is 3. The smallest absolute Gasteiger partial charge is 0.336 e. The number of aryl methyl sites for hydroxylation is 1. The molecule has 4 rings (SSSR count). The van der Waals surface area contributed by atoms with Gasteiger partial charge in [-0.15, -0.1) is 0 Å². The van der Waals surface area contributed by atoms with Crippen molar-refractivity contribution < 1.29 is 9.59 Å². The van der Waals surface area contributed by atoms with Crippen molar-refractivity contribution in [2.75, 3.05) is 13.1 Å². The first-order valence-electron chi connectivity index (χ1n) is 9.32. The summed E-state index contributed by atoms with van der Waals surface area (Å²) in [4.78, 5) is 27.7. The Bertz CT molecular complexity index is 1020. The Hall–Kier alpha value is -2.80. The minimum atomic E-state index is -0.249. The zero-order valence-electron chi connectivity index (χ0n) is 15.3. The molecule has 28 heavy (non-hydrogen) atoms. The molecule has 0 spiro atoms. The fourth-order valence-electron chi connectivity index (χ4n) is 3.51. The van der Waals surface area contributed by atoms with Crippen molar-refractivity contribution in [3.8, 4) is 11.3 Å². The van der Waals surface area contributed by atoms with Gasteiger partial charge in [0, 0.05) is 40.6 Å². The van der Waals surface area contributed by atoms with E-state index in [1.807, 2.05) is 30.3 Å². The van der Waals surface area contributed by atoms with Crippen molar-refractivity contribution in [1.29, 1.82) is 0 Å². The summed E-state index contributed by atoms with van der Waals surface area (Å²) in [5, 5.41) is 5.18. The first-order valence-corrected chi connectivity index (χ1v) is 10.1. The van der Waals surface area contributed by atoms with E-state index >= 15 is 0 Å². The fourth-order valence-corrected chi connectivity index (χ4v) is 3.87. The Balaban J connectivity index is 1.57. The number of hydrogen-bond acceptors (Lipinski definition) is 2. The molecule has 0 unspecified atom stereocenters. The number of benzene rings is 2. The van der Waals surface area contributed by atoms with E-state index in [4.69, 9.17) is 0 Å². The van der Waals surface area contributed by atoms with Crippen molar-refractivity contribution in [3.05, 3.63) is 58.6 Å². The quantitative estimate of drug-likeness (QED) is 0.560. The Kier molecular flexibility index (Phi) is 5.34. The van der Waals surface area contributed by atoms with Gasteiger partial charge in [-0.25, -0.2) is 9.80 Å². The van der Waals surface area contributed by atoms with Crippen LogP contribution in [0.3, 0.4) is 0 Å². The van der Waals surface area contributed by atoms with E-state index in [1.165, 1.54) is 5.01 Å². The maximum Gasteiger partial charge on any atom is 0.336 e. The van der Waals surface area contributed by atoms with Crippen molar-refractivity contribution in [1.82, 2.24) is 20.7 Å². The predicted octanol–water partition coefficient (Wildman–Crippen LogP) is 3.98. The number of amides is 3. The third kappa shape index (κ3) is 3.89. The number of rotatable bonds is 5. The highest BCUT2D eigenvalue weighted by Crippen LogP contribution is 2.32. The van der Waals surface area contributed by atoms with Crippen LogP contribution in [0, 0.1) is 0 Å². The average Bonchev–Trinajstić information content (AvgIpc) is 3.06. The lowest BCUT2D eigenvalue weighted by molar-refractivity contribution is -0.124. The van der Waals surface area contributed by atoms with E-state index in [0.29, 0.717) is 25.9 Å². The zero-order valence-corrected chi connectivity index (χ0v) is 16.9. The molecule has 1 aliphatic heterocycles. The average molecular weight is 441 g/mol. The number of halogens is 1. The first kappa shape index (κ1) is 18.6. The number of urea groups is 1. The van der Waals surface area contributed by atoms with Gasteiger partial charge in [-0.2, -0.15) is 0 Å². The van der Waals surface area contributed by atoms with Crippen LogP contribution in [0.1, 0.15) is 18.4 Å². The van der Waals surface area contributed by atoms with E-state index in [1.54, 1.807) is 0 Å². The number of carbonyl (C=O) groups excluding carboxylic acids is 2. The number of nitrogens with zero attached hydrogens (tertiary/aromatic N) is 1. The molecule has 1 aromatic heterocycles. The topological polar surface area (TPSA) is 77.2 Å². The second-order valence-electron chi connectivity index (χ2n) is 6.81. The van der Waals surface area contributed by atoms with Gasteiger partial charge in [-0.1, -0.05) is 46.3 Å². The molecule has 2 heterocycles. The van der Waals surface area contributed by atoms with Crippen LogP contribution in [-0.4, -0.2) is 35.0 Å². The molecule has 7 heteroatoms. The number of carbonyl (C=O) groups is 2. The number of hydrazine groups is 1. The summed E-state index contributed by atoms with van der Waals surface area (Å²) in [5.41, 5.74) is 6.95. The second-order valence-corrected chi connectivity index (χ2v) is 7.72. The lowest BCUT2D eigenvalue weighted by Crippen LogP contribution is -2.54. The maximum absolute atomic E-state index is 12.5. The first-order chi connectivity index (χ1) is 13.6. The highest BCUT2D eigenvalue weighted by atomic mass is 79.9. The summed E-state index contributed by atoms with van der Waals surface area (Å²) in [5.74, 6) is -0.166. The minimum absolute atomic E-state index is 0.166. The molecule has 0 aliphatic carbocycles. The zero-order chi connectivity index (χ0) is 19.5. The van der Waals surface area contributed by atoms with Crippen molar-refractivity contribution in [2.24, 2.45) is 0 Å². The number of aromatic amines is 1. The molecule has 0 bridgehead atoms. The summed E-state index contributed by atoms with van der Waals surface area (Å²) < 4.78 is 0.995. The molecule has 0 radical (unpaired) electrons. The summed E-state index contributed by atoms with van der Waals surface area (Å²) in [6, 6.07) is 16.0. The SMILES string of the molecule is O=C(CCc1c(-c2ccccc2)[nH]c2ccc(Br)cc12)NN1CCCNC1=O. The normalized spacial score (nSPS) is 14.2. The molecule has 1 saturated heterocycles. The van der Waals surface area contributed by atoms with E-state index in [2.05, 4.69) is 49.9 Å². The van der Waals surface area contributed by atoms with Crippen LogP contribution in [0.2, 0.25) is 0 Å². The van der Waals surface area contributed by atoms with Crippen LogP contribution in [0.4, 0.5) is 4.79 Å². The highest BCUT2D eigenvalue weighted by Gasteiger charge is 2.20. The lowest BCUT2D eigenvalue weighted by atomic mass is 10.0. The fraction of sp³-hybridized carbons (Fsp3) is 0.238. The van der Waals surface area contributed by atoms with Gasteiger partial charge < -0.3 is 10.3 Å². The molecule has 0 atom stereocenters. The van der Waals surface area contributed by atoms with Crippen LogP contribution < -0.4 is 10.7 Å². The van der Waals surface area contributed by atoms with Crippen LogP contribution in [0.25, 0.3) is 22.2 Å². The van der Waals surface area contributed by atoms with E-state index in [0.717, 1.165) is 38.6 Å². The van der Waals surface area contributed by atoms with Crippen molar-refractivity contribution in [3.63, 3.8) is 0 Å². The van der Waals surface area contributed by atoms with Gasteiger partial charge in [-0.3, -0.25) is 10.2 Å². The number of fused-ring (bicyclic) bond motifs is 1. The van der Waals surface area contributed by atoms with Gasteiger partial charge in [0.05, 0.1) is 0 Å². The molecule has 3 amide bonds. The monoisotopic (exact) mass is 440 g/mol. The molecule has 3 N–H and O–H groups in total. The molecule has 1 aliphatic rings. The Morgan fingerprint density at radius 1 is 1.18 bits per heavy atom. The standard InChI is InChI=1S/C21H21BrN4O2/c22-15-7-9-18-17(13-15)16(20(24-18)14-5-2-1-3-6-14)8-10-19(27)25-26-12-4-11-23-21(26)28/h1-3,5-7,9,13,24H,4,8,10-12H2,(H,23,28)(H,25,27). The van der Waals surface area contributed by atoms with Crippen LogP contribution in [0.5, 0.6) is 0 Å². The van der Waals surface area contributed by atoms with Crippen LogP contribution >= 0.6 is 15.9 Å². The lowest BCUT2D eigenvalue weighted by Gasteiger charge is -2.27. The van der Waals surface area contributed by atoms with Crippen molar-refractivity contribution >= 4 is 38.8 Å². The number of hydrogen-bond donors (Lipinski definition) is 3. The van der Waals surface area contributed by atoms with E-state index < -0.39 is 0 Å². The van der Waals surface area contributed by atoms with Gasteiger partial charge >= 0.3 is 6.03 Å². The van der Waals surface area contributed by atoms with Gasteiger partial charge in [-0.05, 0) is 42.2 Å². The Morgan fingerprint density at radius 3 is 2.79 bits per heavy atom. The molecular formula is C21H21BrN4O2. The van der Waals surface area contributed by atoms with Gasteiger partial charge in [0.15, 0.2) is 0 Å². The highest BCUT2D eigenvalue weighted by molar-refractivity contribution is 9.10. The molecule has 6 nitrogen and oxygen atoms in total. The van der Waals surface area contributed by atoms with Gasteiger partial charge in [0.25, 0.3) is 0 Å². The molecule has 3 aromatic rings. The molecule has 0 saturated carbocycles. The second kappa shape index (κ2) is 8.06. The summed E-state index contributed by atoms with van der Waals surface area (Å²) >= 11 is 3.54. The van der Waals surface area contributed by atoms with E-state index in [-0.39, 0.29) is 11.9 Å². The molecule has 2 aromatic carbocycles. The number of H-pyrrole nitrogens is 1. The maximum atomic E-state index is 12.5. The van der Waals surface area contributed by atoms with Gasteiger partial charge in [0.1, 0.15) is 0 Å². The number of aromatic nitrogens is 1. The summed E-state index contributed by atoms with van der Waals surface area (Å²) in [7, 11) is 0. The summed E-state index contributed by atoms with van der Waals surface area (Å²) in [6.07, 6.45) is 1.69. The van der Waals surface area contributed by atoms with Gasteiger partial charge in [0.2, 0.25) is 5.91 Å². The predicted molar refractivity (Wildman–Crippen MR) is 113 cm³/mol. The Labute approximate surface area is 171 Å². The minimum Gasteiger partial charge on any atom is -0.354 e. The molecule has 144 valence electrons. The third-order valence-corrected chi connectivity index (χ3v) is 5.37. The Morgan fingerprint density at radius 2 is 2.00 bits per heavy atom. The van der Waals surface area contributed by atoms with E-state index in [9.17, 15) is 9.59 Å². The molecule has 1 fully saturated rings. The molecular weight excluding hydrogens is 420 g/mol.